The second-order valence-corrected chi connectivity index (χ2v) is 9.43. The predicted octanol–water partition coefficient (Wildman–Crippen LogP) is 0.713. The molecule has 0 spiro atoms. The van der Waals surface area contributed by atoms with Gasteiger partial charge in [-0.2, -0.15) is 4.31 Å². The van der Waals surface area contributed by atoms with Crippen molar-refractivity contribution in [2.45, 2.75) is 30.6 Å². The highest BCUT2D eigenvalue weighted by atomic mass is 32.2. The summed E-state index contributed by atoms with van der Waals surface area (Å²) in [5.74, 6) is 0.340. The zero-order valence-electron chi connectivity index (χ0n) is 15.1. The van der Waals surface area contributed by atoms with Crippen molar-refractivity contribution in [1.82, 2.24) is 19.2 Å². The lowest BCUT2D eigenvalue weighted by atomic mass is 9.99. The second-order valence-electron chi connectivity index (χ2n) is 7.49. The quantitative estimate of drug-likeness (QED) is 0.797. The van der Waals surface area contributed by atoms with Gasteiger partial charge in [0.2, 0.25) is 10.0 Å². The van der Waals surface area contributed by atoms with Crippen molar-refractivity contribution < 1.29 is 8.42 Å². The van der Waals surface area contributed by atoms with Gasteiger partial charge in [0.1, 0.15) is 0 Å². The molecule has 0 saturated carbocycles. The van der Waals surface area contributed by atoms with Crippen LogP contribution in [0, 0.1) is 5.92 Å². The number of fused-ring (bicyclic) bond motifs is 1. The Labute approximate surface area is 157 Å². The normalized spacial score (nSPS) is 22.4. The summed E-state index contributed by atoms with van der Waals surface area (Å²) in [5, 5.41) is 0.168. The van der Waals surface area contributed by atoms with Gasteiger partial charge in [0.15, 0.2) is 0 Å². The fraction of sp³-hybridized carbons (Fsp3) is 0.556. The molecule has 4 rings (SSSR count). The van der Waals surface area contributed by atoms with Crippen LogP contribution in [0.25, 0.3) is 10.9 Å². The minimum absolute atomic E-state index is 0.0920. The number of nitrogens with one attached hydrogen (secondary N) is 2. The maximum Gasteiger partial charge on any atom is 0.326 e. The van der Waals surface area contributed by atoms with Gasteiger partial charge in [0.05, 0.1) is 15.8 Å². The number of aromatic nitrogens is 2. The highest BCUT2D eigenvalue weighted by Gasteiger charge is 2.31. The Kier molecular flexibility index (Phi) is 4.92. The van der Waals surface area contributed by atoms with Gasteiger partial charge in [-0.25, -0.2) is 13.2 Å². The van der Waals surface area contributed by atoms with E-state index in [0.717, 1.165) is 32.5 Å². The van der Waals surface area contributed by atoms with E-state index in [9.17, 15) is 18.0 Å². The van der Waals surface area contributed by atoms with Crippen LogP contribution in [-0.4, -0.2) is 60.3 Å². The van der Waals surface area contributed by atoms with Crippen LogP contribution in [0.3, 0.4) is 0 Å². The van der Waals surface area contributed by atoms with E-state index in [1.807, 2.05) is 0 Å². The van der Waals surface area contributed by atoms with E-state index in [1.54, 1.807) is 0 Å². The number of likely N-dealkylation sites (tertiary alicyclic amines) is 1. The van der Waals surface area contributed by atoms with E-state index >= 15 is 0 Å². The molecule has 146 valence electrons. The maximum atomic E-state index is 13.1. The highest BCUT2D eigenvalue weighted by Crippen LogP contribution is 2.26. The fourth-order valence-corrected chi connectivity index (χ4v) is 5.76. The van der Waals surface area contributed by atoms with Gasteiger partial charge in [-0.15, -0.1) is 0 Å². The zero-order valence-corrected chi connectivity index (χ0v) is 15.9. The minimum Gasteiger partial charge on any atom is -0.307 e. The molecule has 8 nitrogen and oxygen atoms in total. The number of rotatable bonds is 4. The van der Waals surface area contributed by atoms with Gasteiger partial charge < -0.3 is 9.88 Å². The molecule has 1 unspecified atom stereocenters. The van der Waals surface area contributed by atoms with Gasteiger partial charge in [-0.3, -0.25) is 9.78 Å². The Morgan fingerprint density at radius 1 is 1.04 bits per heavy atom. The molecule has 0 aliphatic carbocycles. The van der Waals surface area contributed by atoms with E-state index in [-0.39, 0.29) is 10.3 Å². The van der Waals surface area contributed by atoms with E-state index in [4.69, 9.17) is 0 Å². The molecule has 2 fully saturated rings. The number of hydrogen-bond acceptors (Lipinski definition) is 5. The Bertz CT molecular complexity index is 1050. The number of benzene rings is 1. The molecule has 0 amide bonds. The van der Waals surface area contributed by atoms with Crippen molar-refractivity contribution in [2.24, 2.45) is 5.92 Å². The van der Waals surface area contributed by atoms with E-state index in [1.165, 1.54) is 35.3 Å². The smallest absolute Gasteiger partial charge is 0.307 e. The topological polar surface area (TPSA) is 106 Å². The molecule has 2 aromatic rings. The molecule has 2 N–H and O–H groups in total. The zero-order chi connectivity index (χ0) is 19.0. The van der Waals surface area contributed by atoms with E-state index in [2.05, 4.69) is 14.9 Å². The van der Waals surface area contributed by atoms with E-state index < -0.39 is 21.3 Å². The summed E-state index contributed by atoms with van der Waals surface area (Å²) in [7, 11) is -3.68. The third kappa shape index (κ3) is 3.71. The lowest BCUT2D eigenvalue weighted by Crippen LogP contribution is -2.43. The number of nitrogens with zero attached hydrogens (tertiary/aromatic N) is 2. The average molecular weight is 392 g/mol. The van der Waals surface area contributed by atoms with Crippen LogP contribution >= 0.6 is 0 Å². The van der Waals surface area contributed by atoms with Crippen molar-refractivity contribution in [3.8, 4) is 0 Å². The molecule has 9 heteroatoms. The molecule has 2 aliphatic rings. The molecule has 0 bridgehead atoms. The Hall–Kier alpha value is -1.97. The van der Waals surface area contributed by atoms with Crippen molar-refractivity contribution in [3.05, 3.63) is 39.0 Å². The number of hydrogen-bond donors (Lipinski definition) is 2. The first kappa shape index (κ1) is 18.4. The van der Waals surface area contributed by atoms with E-state index in [0.29, 0.717) is 24.5 Å². The highest BCUT2D eigenvalue weighted by molar-refractivity contribution is 7.89. The molecule has 2 saturated heterocycles. The van der Waals surface area contributed by atoms with Crippen molar-refractivity contribution >= 4 is 20.9 Å². The van der Waals surface area contributed by atoms with Crippen LogP contribution in [0.2, 0.25) is 0 Å². The Morgan fingerprint density at radius 3 is 2.59 bits per heavy atom. The van der Waals surface area contributed by atoms with Gasteiger partial charge in [-0.05, 0) is 62.9 Å². The van der Waals surface area contributed by atoms with Crippen LogP contribution in [-0.2, 0) is 10.0 Å². The first-order valence-electron chi connectivity index (χ1n) is 9.42. The molecule has 0 radical (unpaired) electrons. The third-order valence-corrected chi connectivity index (χ3v) is 7.41. The lowest BCUT2D eigenvalue weighted by Gasteiger charge is -2.34. The van der Waals surface area contributed by atoms with Crippen LogP contribution in [0.15, 0.2) is 32.7 Å². The van der Waals surface area contributed by atoms with Gasteiger partial charge in [-0.1, -0.05) is 0 Å². The monoisotopic (exact) mass is 392 g/mol. The summed E-state index contributed by atoms with van der Waals surface area (Å²) in [6, 6.07) is 4.28. The molecule has 27 heavy (non-hydrogen) atoms. The summed E-state index contributed by atoms with van der Waals surface area (Å²) < 4.78 is 27.8. The summed E-state index contributed by atoms with van der Waals surface area (Å²) in [6.45, 7) is 4.17. The molecule has 1 atom stereocenters. The largest absolute Gasteiger partial charge is 0.326 e. The Morgan fingerprint density at radius 2 is 1.81 bits per heavy atom. The summed E-state index contributed by atoms with van der Waals surface area (Å²) >= 11 is 0. The SMILES string of the molecule is O=c1[nH]c(=O)c2cc(S(=O)(=O)N3CCCC(CN4CCCC4)C3)ccc2[nH]1. The van der Waals surface area contributed by atoms with Gasteiger partial charge in [0, 0.05) is 19.6 Å². The van der Waals surface area contributed by atoms with Gasteiger partial charge in [0.25, 0.3) is 5.56 Å². The standard InChI is InChI=1S/C18H24N4O4S/c23-17-15-10-14(5-6-16(15)19-18(24)20-17)27(25,26)22-9-3-4-13(12-22)11-21-7-1-2-8-21/h5-6,10,13H,1-4,7-9,11-12H2,(H2,19,20,23,24). The van der Waals surface area contributed by atoms with Gasteiger partial charge >= 0.3 is 5.69 Å². The van der Waals surface area contributed by atoms with Crippen LogP contribution in [0.1, 0.15) is 25.7 Å². The molecular formula is C18H24N4O4S. The van der Waals surface area contributed by atoms with Crippen molar-refractivity contribution in [2.75, 3.05) is 32.7 Å². The Balaban J connectivity index is 1.59. The van der Waals surface area contributed by atoms with Crippen LogP contribution in [0.5, 0.6) is 0 Å². The number of sulfonamides is 1. The molecule has 2 aliphatic heterocycles. The average Bonchev–Trinajstić information content (AvgIpc) is 3.14. The summed E-state index contributed by atoms with van der Waals surface area (Å²) in [6.07, 6.45) is 4.34. The van der Waals surface area contributed by atoms with Crippen molar-refractivity contribution in [1.29, 1.82) is 0 Å². The minimum atomic E-state index is -3.68. The first-order valence-corrected chi connectivity index (χ1v) is 10.9. The molecule has 1 aromatic carbocycles. The van der Waals surface area contributed by atoms with Crippen LogP contribution < -0.4 is 11.2 Å². The molecule has 1 aromatic heterocycles. The number of H-pyrrole nitrogens is 2. The number of aromatic amines is 2. The lowest BCUT2D eigenvalue weighted by molar-refractivity contribution is 0.200. The third-order valence-electron chi connectivity index (χ3n) is 5.55. The molecular weight excluding hydrogens is 368 g/mol. The fourth-order valence-electron chi connectivity index (χ4n) is 4.18. The van der Waals surface area contributed by atoms with Crippen molar-refractivity contribution in [3.63, 3.8) is 0 Å². The second kappa shape index (κ2) is 7.21. The number of piperidine rings is 1. The maximum absolute atomic E-state index is 13.1. The first-order chi connectivity index (χ1) is 12.9. The molecule has 3 heterocycles. The summed E-state index contributed by atoms with van der Waals surface area (Å²) in [4.78, 5) is 30.5. The summed E-state index contributed by atoms with van der Waals surface area (Å²) in [5.41, 5.74) is -0.867. The predicted molar refractivity (Wildman–Crippen MR) is 102 cm³/mol. The van der Waals surface area contributed by atoms with Crippen LogP contribution in [0.4, 0.5) is 0 Å².